The highest BCUT2D eigenvalue weighted by molar-refractivity contribution is 7.10. The van der Waals surface area contributed by atoms with Crippen LogP contribution in [0.15, 0.2) is 28.6 Å². The molecule has 0 saturated carbocycles. The van der Waals surface area contributed by atoms with Gasteiger partial charge < -0.3 is 15.3 Å². The van der Waals surface area contributed by atoms with E-state index in [1.807, 2.05) is 0 Å². The highest BCUT2D eigenvalue weighted by Gasteiger charge is 2.20. The quantitative estimate of drug-likeness (QED) is 0.582. The summed E-state index contributed by atoms with van der Waals surface area (Å²) in [7, 11) is 0. The van der Waals surface area contributed by atoms with Crippen molar-refractivity contribution in [1.82, 2.24) is 20.2 Å². The number of carbonyl (C=O) groups is 2. The average Bonchev–Trinajstić information content (AvgIpc) is 2.92. The molecule has 9 heteroatoms. The van der Waals surface area contributed by atoms with Crippen molar-refractivity contribution in [3.63, 3.8) is 0 Å². The van der Waals surface area contributed by atoms with Gasteiger partial charge in [-0.3, -0.25) is 9.59 Å². The Morgan fingerprint density at radius 1 is 1.58 bits per heavy atom. The molecule has 2 rings (SSSR count). The molecule has 0 bridgehead atoms. The van der Waals surface area contributed by atoms with E-state index in [-0.39, 0.29) is 4.85 Å². The number of amides is 1. The van der Waals surface area contributed by atoms with Crippen molar-refractivity contribution in [1.29, 1.82) is 0 Å². The number of nitrogens with one attached hydrogen (secondary N) is 1. The van der Waals surface area contributed by atoms with Gasteiger partial charge in [0.15, 0.2) is 6.33 Å². The van der Waals surface area contributed by atoms with Crippen LogP contribution >= 0.6 is 11.3 Å². The maximum absolute atomic E-state index is 11.8. The molecule has 2 aromatic rings. The van der Waals surface area contributed by atoms with E-state index >= 15 is 0 Å². The summed E-state index contributed by atoms with van der Waals surface area (Å²) < 4.78 is 0. The van der Waals surface area contributed by atoms with Crippen LogP contribution in [0.1, 0.15) is 21.4 Å². The predicted octanol–water partition coefficient (Wildman–Crippen LogP) is -0.393. The van der Waals surface area contributed by atoms with Crippen LogP contribution in [0.25, 0.3) is 0 Å². The first-order valence-electron chi connectivity index (χ1n) is 5.06. The van der Waals surface area contributed by atoms with Crippen LogP contribution in [0.4, 0.5) is 0 Å². The lowest BCUT2D eigenvalue weighted by Gasteiger charge is -2.09. The summed E-state index contributed by atoms with van der Waals surface area (Å²) in [5.74, 6) is -0.883. The van der Waals surface area contributed by atoms with Crippen molar-refractivity contribution in [2.45, 2.75) is 6.04 Å². The van der Waals surface area contributed by atoms with Crippen molar-refractivity contribution in [2.24, 2.45) is 0 Å². The number of rotatable bonds is 4. The first kappa shape index (κ1) is 12.9. The van der Waals surface area contributed by atoms with E-state index in [2.05, 4.69) is 15.4 Å². The van der Waals surface area contributed by atoms with Gasteiger partial charge in [0.2, 0.25) is 5.69 Å². The van der Waals surface area contributed by atoms with E-state index in [1.54, 1.807) is 17.5 Å². The van der Waals surface area contributed by atoms with E-state index in [9.17, 15) is 14.4 Å². The SMILES string of the molecule is O=CC(NC(=O)c1nn(O)cnc1=O)c1cccs1. The first-order chi connectivity index (χ1) is 9.11. The van der Waals surface area contributed by atoms with E-state index in [4.69, 9.17) is 5.21 Å². The molecule has 0 saturated heterocycles. The molecule has 1 unspecified atom stereocenters. The maximum atomic E-state index is 11.8. The third kappa shape index (κ3) is 2.83. The highest BCUT2D eigenvalue weighted by Crippen LogP contribution is 2.17. The molecule has 2 aromatic heterocycles. The Morgan fingerprint density at radius 2 is 2.37 bits per heavy atom. The number of hydrogen-bond donors (Lipinski definition) is 2. The number of hydrogen-bond acceptors (Lipinski definition) is 7. The standard InChI is InChI=1S/C10H8N4O4S/c15-4-6(7-2-1-3-19-7)12-10(17)8-9(16)11-5-14(18)13-8/h1-6,18H,(H,12,17). The highest BCUT2D eigenvalue weighted by atomic mass is 32.1. The summed E-state index contributed by atoms with van der Waals surface area (Å²) in [5.41, 5.74) is -1.48. The molecule has 0 aromatic carbocycles. The summed E-state index contributed by atoms with van der Waals surface area (Å²) >= 11 is 1.29. The first-order valence-corrected chi connectivity index (χ1v) is 5.94. The van der Waals surface area contributed by atoms with Gasteiger partial charge in [-0.2, -0.15) is 4.98 Å². The lowest BCUT2D eigenvalue weighted by atomic mass is 10.2. The molecule has 1 amide bonds. The fourth-order valence-corrected chi connectivity index (χ4v) is 2.06. The van der Waals surface area contributed by atoms with Crippen molar-refractivity contribution in [3.05, 3.63) is 44.8 Å². The third-order valence-electron chi connectivity index (χ3n) is 2.17. The lowest BCUT2D eigenvalue weighted by Crippen LogP contribution is -2.35. The number of nitrogens with zero attached hydrogens (tertiary/aromatic N) is 3. The van der Waals surface area contributed by atoms with Crippen LogP contribution < -0.4 is 10.9 Å². The fraction of sp³-hybridized carbons (Fsp3) is 0.100. The second-order valence-electron chi connectivity index (χ2n) is 3.42. The van der Waals surface area contributed by atoms with Gasteiger partial charge in [0.25, 0.3) is 5.91 Å². The summed E-state index contributed by atoms with van der Waals surface area (Å²) in [4.78, 5) is 38.2. The zero-order valence-corrected chi connectivity index (χ0v) is 10.2. The molecular weight excluding hydrogens is 272 g/mol. The van der Waals surface area contributed by atoms with Crippen molar-refractivity contribution >= 4 is 23.5 Å². The molecule has 0 fully saturated rings. The average molecular weight is 280 g/mol. The minimum absolute atomic E-state index is 0.247. The molecule has 0 aliphatic carbocycles. The van der Waals surface area contributed by atoms with Gasteiger partial charge in [-0.25, -0.2) is 0 Å². The largest absolute Gasteiger partial charge is 0.410 e. The Hall–Kier alpha value is -2.55. The van der Waals surface area contributed by atoms with Gasteiger partial charge in [0.1, 0.15) is 12.3 Å². The Labute approximate surface area is 110 Å². The summed E-state index contributed by atoms with van der Waals surface area (Å²) in [6.07, 6.45) is 1.30. The van der Waals surface area contributed by atoms with Gasteiger partial charge in [-0.1, -0.05) is 10.9 Å². The summed E-state index contributed by atoms with van der Waals surface area (Å²) in [6, 6.07) is 2.53. The molecule has 0 aliphatic rings. The van der Waals surface area contributed by atoms with Crippen LogP contribution in [0.2, 0.25) is 0 Å². The van der Waals surface area contributed by atoms with Crippen LogP contribution in [0.5, 0.6) is 0 Å². The molecule has 19 heavy (non-hydrogen) atoms. The maximum Gasteiger partial charge on any atom is 0.304 e. The van der Waals surface area contributed by atoms with Crippen molar-refractivity contribution in [3.8, 4) is 0 Å². The minimum Gasteiger partial charge on any atom is -0.410 e. The van der Waals surface area contributed by atoms with Gasteiger partial charge in [0, 0.05) is 4.88 Å². The molecular formula is C10H8N4O4S. The molecule has 1 atom stereocenters. The molecule has 2 N–H and O–H groups in total. The Bertz CT molecular complexity index is 652. The Kier molecular flexibility index (Phi) is 3.66. The fourth-order valence-electron chi connectivity index (χ4n) is 1.33. The van der Waals surface area contributed by atoms with Crippen molar-refractivity contribution < 1.29 is 14.8 Å². The molecule has 8 nitrogen and oxygen atoms in total. The zero-order chi connectivity index (χ0) is 13.8. The lowest BCUT2D eigenvalue weighted by molar-refractivity contribution is -0.109. The smallest absolute Gasteiger partial charge is 0.304 e. The molecule has 0 spiro atoms. The van der Waals surface area contributed by atoms with Gasteiger partial charge >= 0.3 is 5.56 Å². The van der Waals surface area contributed by atoms with Gasteiger partial charge in [-0.15, -0.1) is 16.4 Å². The number of carbonyl (C=O) groups excluding carboxylic acids is 2. The second-order valence-corrected chi connectivity index (χ2v) is 4.40. The number of aromatic nitrogens is 3. The topological polar surface area (TPSA) is 114 Å². The second kappa shape index (κ2) is 5.40. The van der Waals surface area contributed by atoms with E-state index in [0.717, 1.165) is 6.33 Å². The van der Waals surface area contributed by atoms with Crippen molar-refractivity contribution in [2.75, 3.05) is 0 Å². The summed E-state index contributed by atoms with van der Waals surface area (Å²) in [6.45, 7) is 0. The zero-order valence-electron chi connectivity index (χ0n) is 9.39. The van der Waals surface area contributed by atoms with Crippen LogP contribution in [-0.4, -0.2) is 32.3 Å². The van der Waals surface area contributed by atoms with Gasteiger partial charge in [-0.05, 0) is 11.4 Å². The van der Waals surface area contributed by atoms with Crippen LogP contribution in [-0.2, 0) is 4.79 Å². The molecule has 2 heterocycles. The van der Waals surface area contributed by atoms with Gasteiger partial charge in [0.05, 0.1) is 0 Å². The summed E-state index contributed by atoms with van der Waals surface area (Å²) in [5, 5.41) is 16.4. The molecule has 98 valence electrons. The monoisotopic (exact) mass is 280 g/mol. The van der Waals surface area contributed by atoms with E-state index in [0.29, 0.717) is 11.2 Å². The number of aldehydes is 1. The van der Waals surface area contributed by atoms with E-state index in [1.165, 1.54) is 11.3 Å². The van der Waals surface area contributed by atoms with Crippen LogP contribution in [0.3, 0.4) is 0 Å². The van der Waals surface area contributed by atoms with Crippen LogP contribution in [0, 0.1) is 0 Å². The minimum atomic E-state index is -0.890. The molecule has 0 radical (unpaired) electrons. The third-order valence-corrected chi connectivity index (χ3v) is 3.13. The number of thiophene rings is 1. The normalized spacial score (nSPS) is 11.8. The molecule has 0 aliphatic heterocycles. The Morgan fingerprint density at radius 3 is 3.00 bits per heavy atom. The van der Waals surface area contributed by atoms with E-state index < -0.39 is 23.2 Å². The Balaban J connectivity index is 2.23. The predicted molar refractivity (Wildman–Crippen MR) is 64.1 cm³/mol.